The van der Waals surface area contributed by atoms with Crippen molar-refractivity contribution in [3.8, 4) is 0 Å². The molecule has 8 heteroatoms. The minimum absolute atomic E-state index is 0.189. The fourth-order valence-corrected chi connectivity index (χ4v) is 4.30. The first-order valence-electron chi connectivity index (χ1n) is 9.93. The van der Waals surface area contributed by atoms with E-state index >= 15 is 0 Å². The maximum Gasteiger partial charge on any atom is 0.416 e. The Labute approximate surface area is 184 Å². The average molecular weight is 459 g/mol. The number of halogens is 3. The number of rotatable bonds is 4. The molecule has 0 fully saturated rings. The topological polar surface area (TPSA) is 49.7 Å². The summed E-state index contributed by atoms with van der Waals surface area (Å²) in [5, 5.41) is 6.50. The molecule has 0 bridgehead atoms. The normalized spacial score (nSPS) is 16.8. The highest BCUT2D eigenvalue weighted by molar-refractivity contribution is 7.90. The third kappa shape index (κ3) is 4.55. The molecule has 1 unspecified atom stereocenters. The highest BCUT2D eigenvalue weighted by Gasteiger charge is 2.33. The van der Waals surface area contributed by atoms with Gasteiger partial charge in [-0.15, -0.1) is 0 Å². The first kappa shape index (κ1) is 22.1. The van der Waals surface area contributed by atoms with Crippen molar-refractivity contribution >= 4 is 21.2 Å². The molecule has 0 radical (unpaired) electrons. The van der Waals surface area contributed by atoms with Crippen LogP contribution in [0.2, 0.25) is 0 Å². The summed E-state index contributed by atoms with van der Waals surface area (Å²) in [7, 11) is -3.35. The van der Waals surface area contributed by atoms with Crippen molar-refractivity contribution in [1.82, 2.24) is 0 Å². The number of sulfone groups is 1. The van der Waals surface area contributed by atoms with Crippen LogP contribution in [0, 0.1) is 6.92 Å². The van der Waals surface area contributed by atoms with E-state index < -0.39 is 21.6 Å². The van der Waals surface area contributed by atoms with Crippen molar-refractivity contribution in [1.29, 1.82) is 0 Å². The van der Waals surface area contributed by atoms with Crippen LogP contribution in [0.1, 0.15) is 34.7 Å². The minimum Gasteiger partial charge on any atom is -0.257 e. The molecule has 166 valence electrons. The van der Waals surface area contributed by atoms with Crippen molar-refractivity contribution in [2.45, 2.75) is 30.5 Å². The molecule has 1 aliphatic heterocycles. The number of aryl methyl sites for hydroxylation is 1. The SMILES string of the molecule is Cc1ccc(C2=NN(c3ccc(S(C)(=O)=O)cc3)C(c3ccc(C(F)(F)F)cc3)C2)cc1. The largest absolute Gasteiger partial charge is 0.416 e. The van der Waals surface area contributed by atoms with E-state index in [4.69, 9.17) is 5.10 Å². The maximum atomic E-state index is 13.0. The third-order valence-electron chi connectivity index (χ3n) is 5.45. The molecule has 0 aliphatic carbocycles. The van der Waals surface area contributed by atoms with E-state index in [1.807, 2.05) is 31.2 Å². The second-order valence-corrected chi connectivity index (χ2v) is 9.88. The summed E-state index contributed by atoms with van der Waals surface area (Å²) in [6.45, 7) is 1.99. The molecule has 4 rings (SSSR count). The Hall–Kier alpha value is -3.13. The van der Waals surface area contributed by atoms with E-state index in [1.54, 1.807) is 17.1 Å². The summed E-state index contributed by atoms with van der Waals surface area (Å²) < 4.78 is 62.6. The summed E-state index contributed by atoms with van der Waals surface area (Å²) in [6.07, 6.45) is -2.77. The van der Waals surface area contributed by atoms with Crippen LogP contribution in [0.5, 0.6) is 0 Å². The lowest BCUT2D eigenvalue weighted by molar-refractivity contribution is -0.137. The number of hydrogen-bond donors (Lipinski definition) is 0. The Balaban J connectivity index is 1.73. The lowest BCUT2D eigenvalue weighted by Crippen LogP contribution is -2.19. The van der Waals surface area contributed by atoms with E-state index in [0.29, 0.717) is 17.7 Å². The summed E-state index contributed by atoms with van der Waals surface area (Å²) in [5.74, 6) is 0. The van der Waals surface area contributed by atoms with Crippen LogP contribution in [-0.4, -0.2) is 20.4 Å². The molecule has 3 aromatic carbocycles. The van der Waals surface area contributed by atoms with E-state index in [0.717, 1.165) is 35.2 Å². The highest BCUT2D eigenvalue weighted by atomic mass is 32.2. The van der Waals surface area contributed by atoms with Crippen LogP contribution in [-0.2, 0) is 16.0 Å². The minimum atomic E-state index is -4.40. The Morgan fingerprint density at radius 2 is 1.50 bits per heavy atom. The van der Waals surface area contributed by atoms with Crippen LogP contribution in [0.4, 0.5) is 18.9 Å². The van der Waals surface area contributed by atoms with Gasteiger partial charge in [0, 0.05) is 12.7 Å². The molecular formula is C24H21F3N2O2S. The fraction of sp³-hybridized carbons (Fsp3) is 0.208. The van der Waals surface area contributed by atoms with Crippen LogP contribution >= 0.6 is 0 Å². The molecule has 0 saturated carbocycles. The molecular weight excluding hydrogens is 437 g/mol. The van der Waals surface area contributed by atoms with E-state index in [1.165, 1.54) is 24.3 Å². The van der Waals surface area contributed by atoms with Crippen molar-refractivity contribution in [3.05, 3.63) is 95.1 Å². The first-order valence-corrected chi connectivity index (χ1v) is 11.8. The Kier molecular flexibility index (Phi) is 5.58. The van der Waals surface area contributed by atoms with E-state index in [2.05, 4.69) is 0 Å². The molecule has 32 heavy (non-hydrogen) atoms. The number of anilines is 1. The summed E-state index contributed by atoms with van der Waals surface area (Å²) in [6, 6.07) is 19.0. The number of alkyl halides is 3. The number of hydrazone groups is 1. The second-order valence-electron chi connectivity index (χ2n) is 7.86. The Bertz CT molecular complexity index is 1250. The summed E-state index contributed by atoms with van der Waals surface area (Å²) in [4.78, 5) is 0.189. The fourth-order valence-electron chi connectivity index (χ4n) is 3.67. The van der Waals surface area contributed by atoms with Gasteiger partial charge in [0.2, 0.25) is 0 Å². The monoisotopic (exact) mass is 458 g/mol. The zero-order valence-corrected chi connectivity index (χ0v) is 18.3. The number of hydrogen-bond acceptors (Lipinski definition) is 4. The molecule has 0 N–H and O–H groups in total. The molecule has 0 spiro atoms. The first-order chi connectivity index (χ1) is 15.0. The standard InChI is InChI=1S/C24H21F3N2O2S/c1-16-3-5-17(6-4-16)22-15-23(18-7-9-19(10-8-18)24(25,26)27)29(28-22)20-11-13-21(14-12-20)32(2,30)31/h3-14,23H,15H2,1-2H3. The molecule has 1 atom stereocenters. The van der Waals surface area contributed by atoms with Crippen LogP contribution in [0.3, 0.4) is 0 Å². The van der Waals surface area contributed by atoms with Gasteiger partial charge in [0.05, 0.1) is 27.9 Å². The van der Waals surface area contributed by atoms with Crippen molar-refractivity contribution < 1.29 is 21.6 Å². The average Bonchev–Trinajstić information content (AvgIpc) is 3.19. The zero-order valence-electron chi connectivity index (χ0n) is 17.5. The molecule has 0 amide bonds. The number of benzene rings is 3. The van der Waals surface area contributed by atoms with Gasteiger partial charge in [-0.2, -0.15) is 18.3 Å². The Morgan fingerprint density at radius 3 is 2.03 bits per heavy atom. The Morgan fingerprint density at radius 1 is 0.906 bits per heavy atom. The third-order valence-corrected chi connectivity index (χ3v) is 6.58. The van der Waals surface area contributed by atoms with Gasteiger partial charge in [0.15, 0.2) is 9.84 Å². The van der Waals surface area contributed by atoms with Gasteiger partial charge in [-0.05, 0) is 54.4 Å². The van der Waals surface area contributed by atoms with Crippen LogP contribution in [0.15, 0.2) is 82.8 Å². The van der Waals surface area contributed by atoms with Gasteiger partial charge in [-0.1, -0.05) is 42.0 Å². The van der Waals surface area contributed by atoms with E-state index in [9.17, 15) is 21.6 Å². The quantitative estimate of drug-likeness (QED) is 0.499. The lowest BCUT2D eigenvalue weighted by Gasteiger charge is -2.24. The summed E-state index contributed by atoms with van der Waals surface area (Å²) >= 11 is 0. The lowest BCUT2D eigenvalue weighted by atomic mass is 9.97. The van der Waals surface area contributed by atoms with Crippen molar-refractivity contribution in [2.24, 2.45) is 5.10 Å². The predicted octanol–water partition coefficient (Wildman–Crippen LogP) is 5.77. The predicted molar refractivity (Wildman–Crippen MR) is 119 cm³/mol. The van der Waals surface area contributed by atoms with Gasteiger partial charge in [0.25, 0.3) is 0 Å². The van der Waals surface area contributed by atoms with Gasteiger partial charge < -0.3 is 0 Å². The molecule has 1 aliphatic rings. The van der Waals surface area contributed by atoms with Gasteiger partial charge in [-0.3, -0.25) is 5.01 Å². The van der Waals surface area contributed by atoms with E-state index in [-0.39, 0.29) is 10.9 Å². The summed E-state index contributed by atoms with van der Waals surface area (Å²) in [5.41, 5.74) is 3.49. The molecule has 0 aromatic heterocycles. The molecule has 3 aromatic rings. The van der Waals surface area contributed by atoms with Gasteiger partial charge in [0.1, 0.15) is 0 Å². The van der Waals surface area contributed by atoms with Crippen LogP contribution < -0.4 is 5.01 Å². The van der Waals surface area contributed by atoms with Crippen molar-refractivity contribution in [3.63, 3.8) is 0 Å². The smallest absolute Gasteiger partial charge is 0.257 e. The molecule has 1 heterocycles. The van der Waals surface area contributed by atoms with Gasteiger partial charge in [-0.25, -0.2) is 8.42 Å². The highest BCUT2D eigenvalue weighted by Crippen LogP contribution is 2.38. The van der Waals surface area contributed by atoms with Crippen molar-refractivity contribution in [2.75, 3.05) is 11.3 Å². The second kappa shape index (κ2) is 8.09. The maximum absolute atomic E-state index is 13.0. The zero-order chi connectivity index (χ0) is 23.1. The molecule has 4 nitrogen and oxygen atoms in total. The number of nitrogens with zero attached hydrogens (tertiary/aromatic N) is 2. The molecule has 0 saturated heterocycles. The van der Waals surface area contributed by atoms with Crippen LogP contribution in [0.25, 0.3) is 0 Å². The van der Waals surface area contributed by atoms with Gasteiger partial charge >= 0.3 is 6.18 Å².